The number of sulfonamides is 1. The van der Waals surface area contributed by atoms with E-state index in [-0.39, 0.29) is 36.1 Å². The summed E-state index contributed by atoms with van der Waals surface area (Å²) in [4.78, 5) is 19.9. The number of benzene rings is 1. The van der Waals surface area contributed by atoms with E-state index in [1.54, 1.807) is 18.3 Å². The summed E-state index contributed by atoms with van der Waals surface area (Å²) in [5.41, 5.74) is 9.19. The number of aliphatic hydroxyl groups is 2. The van der Waals surface area contributed by atoms with Crippen LogP contribution >= 0.6 is 0 Å². The molecule has 2 aliphatic carbocycles. The first kappa shape index (κ1) is 26.0. The molecule has 0 bridgehead atoms. The molecule has 0 saturated heterocycles. The van der Waals surface area contributed by atoms with Crippen LogP contribution in [0.2, 0.25) is 0 Å². The lowest BCUT2D eigenvalue weighted by Gasteiger charge is -2.24. The van der Waals surface area contributed by atoms with Crippen molar-refractivity contribution in [2.24, 2.45) is 11.8 Å². The average molecular weight is 556 g/mol. The molecule has 0 radical (unpaired) electrons. The van der Waals surface area contributed by atoms with E-state index in [0.29, 0.717) is 46.4 Å². The van der Waals surface area contributed by atoms with Crippen LogP contribution < -0.4 is 15.8 Å². The molecule has 2 aromatic heterocycles. The number of nitrogen functional groups attached to an aromatic ring is 1. The number of anilines is 2. The highest BCUT2D eigenvalue weighted by molar-refractivity contribution is 7.92. The number of nitrogens with one attached hydrogen (secondary N) is 2. The van der Waals surface area contributed by atoms with Gasteiger partial charge in [-0.2, -0.15) is 0 Å². The van der Waals surface area contributed by atoms with E-state index < -0.39 is 16.3 Å². The van der Waals surface area contributed by atoms with E-state index in [9.17, 15) is 23.4 Å². The van der Waals surface area contributed by atoms with Crippen LogP contribution in [-0.2, 0) is 16.6 Å². The minimum atomic E-state index is -3.66. The number of carbonyl (C=O) groups excluding carboxylic acids is 1. The Morgan fingerprint density at radius 2 is 1.92 bits per heavy atom. The van der Waals surface area contributed by atoms with Crippen LogP contribution in [0.25, 0.3) is 16.9 Å². The molecule has 13 heteroatoms. The summed E-state index contributed by atoms with van der Waals surface area (Å²) in [6.45, 7) is 2.31. The standard InChI is InChI=1S/C26H33N7O5S/c1-13(14-3-4-14)32-11-17-9-16(10-19(21(17)26(32)36)31-39(2,37)38)18-7-8-33-24(28-18)22(23(27)30-33)25(35)29-20(12-34)15-5-6-15/h7-10,13-15,20,25,29,31,34-35H,3-6,11-12H2,1-2H3,(H2,27,30)/t13-,20-,25?/m0/s1. The predicted octanol–water partition coefficient (Wildman–Crippen LogP) is 1.46. The van der Waals surface area contributed by atoms with Crippen LogP contribution in [0.5, 0.6) is 0 Å². The largest absolute Gasteiger partial charge is 0.395 e. The molecule has 3 atom stereocenters. The van der Waals surface area contributed by atoms with Gasteiger partial charge in [-0.25, -0.2) is 17.9 Å². The quantitative estimate of drug-likeness (QED) is 0.232. The number of rotatable bonds is 10. The van der Waals surface area contributed by atoms with Crippen LogP contribution in [0.1, 0.15) is 60.3 Å². The molecule has 39 heavy (non-hydrogen) atoms. The van der Waals surface area contributed by atoms with Gasteiger partial charge in [-0.15, -0.1) is 5.10 Å². The van der Waals surface area contributed by atoms with Gasteiger partial charge in [0, 0.05) is 30.4 Å². The van der Waals surface area contributed by atoms with Gasteiger partial charge >= 0.3 is 0 Å². The number of carbonyl (C=O) groups is 1. The maximum Gasteiger partial charge on any atom is 0.256 e. The molecule has 3 heterocycles. The van der Waals surface area contributed by atoms with E-state index >= 15 is 0 Å². The zero-order chi connectivity index (χ0) is 27.6. The summed E-state index contributed by atoms with van der Waals surface area (Å²) in [6, 6.07) is 5.00. The van der Waals surface area contributed by atoms with Crippen molar-refractivity contribution in [2.75, 3.05) is 23.3 Å². The molecule has 6 rings (SSSR count). The Morgan fingerprint density at radius 1 is 1.21 bits per heavy atom. The zero-order valence-electron chi connectivity index (χ0n) is 21.8. The molecule has 3 aliphatic rings. The molecule has 208 valence electrons. The van der Waals surface area contributed by atoms with Crippen LogP contribution in [0, 0.1) is 11.8 Å². The van der Waals surface area contributed by atoms with Crippen LogP contribution in [0.4, 0.5) is 11.5 Å². The Kier molecular flexibility index (Phi) is 6.29. The lowest BCUT2D eigenvalue weighted by Crippen LogP contribution is -2.37. The summed E-state index contributed by atoms with van der Waals surface area (Å²) < 4.78 is 28.4. The molecule has 6 N–H and O–H groups in total. The molecule has 2 saturated carbocycles. The van der Waals surface area contributed by atoms with Crippen molar-refractivity contribution in [3.8, 4) is 11.3 Å². The molecule has 1 amide bonds. The molecular formula is C26H33N7O5S. The second-order valence-corrected chi connectivity index (χ2v) is 12.8. The maximum absolute atomic E-state index is 13.4. The van der Waals surface area contributed by atoms with E-state index in [1.165, 1.54) is 4.52 Å². The number of hydrogen-bond acceptors (Lipinski definition) is 9. The maximum atomic E-state index is 13.4. The number of nitrogens with zero attached hydrogens (tertiary/aromatic N) is 4. The lowest BCUT2D eigenvalue weighted by molar-refractivity contribution is 0.0698. The molecule has 2 fully saturated rings. The van der Waals surface area contributed by atoms with Gasteiger partial charge in [0.2, 0.25) is 10.0 Å². The van der Waals surface area contributed by atoms with Crippen LogP contribution in [-0.4, -0.2) is 69.0 Å². The second-order valence-electron chi connectivity index (χ2n) is 11.0. The summed E-state index contributed by atoms with van der Waals surface area (Å²) in [7, 11) is -3.66. The second kappa shape index (κ2) is 9.44. The minimum Gasteiger partial charge on any atom is -0.395 e. The van der Waals surface area contributed by atoms with Gasteiger partial charge in [-0.05, 0) is 68.2 Å². The van der Waals surface area contributed by atoms with Crippen molar-refractivity contribution in [2.45, 2.75) is 57.5 Å². The normalized spacial score (nSPS) is 19.8. The third-order valence-corrected chi connectivity index (χ3v) is 8.60. The van der Waals surface area contributed by atoms with Gasteiger partial charge < -0.3 is 20.8 Å². The van der Waals surface area contributed by atoms with E-state index in [4.69, 9.17) is 10.7 Å². The van der Waals surface area contributed by atoms with Crippen molar-refractivity contribution in [1.29, 1.82) is 0 Å². The van der Waals surface area contributed by atoms with Crippen molar-refractivity contribution >= 4 is 33.1 Å². The first-order valence-corrected chi connectivity index (χ1v) is 15.1. The summed E-state index contributed by atoms with van der Waals surface area (Å²) in [5, 5.41) is 28.0. The van der Waals surface area contributed by atoms with Gasteiger partial charge in [-0.1, -0.05) is 0 Å². The fraction of sp³-hybridized carbons (Fsp3) is 0.500. The van der Waals surface area contributed by atoms with Gasteiger partial charge in [0.15, 0.2) is 11.5 Å². The lowest BCUT2D eigenvalue weighted by atomic mass is 10.0. The zero-order valence-corrected chi connectivity index (χ0v) is 22.6. The monoisotopic (exact) mass is 555 g/mol. The van der Waals surface area contributed by atoms with Gasteiger partial charge in [0.1, 0.15) is 6.23 Å². The number of aromatic nitrogens is 3. The van der Waals surface area contributed by atoms with Gasteiger partial charge in [0.25, 0.3) is 5.91 Å². The Labute approximate surface area is 226 Å². The summed E-state index contributed by atoms with van der Waals surface area (Å²) >= 11 is 0. The van der Waals surface area contributed by atoms with E-state index in [2.05, 4.69) is 15.1 Å². The Hall–Kier alpha value is -3.26. The third-order valence-electron chi connectivity index (χ3n) is 8.00. The Bertz CT molecular complexity index is 1560. The molecule has 0 spiro atoms. The topological polar surface area (TPSA) is 175 Å². The van der Waals surface area contributed by atoms with E-state index in [1.807, 2.05) is 17.9 Å². The van der Waals surface area contributed by atoms with Crippen molar-refractivity contribution in [3.63, 3.8) is 0 Å². The SMILES string of the molecule is C[C@@H](C1CC1)N1Cc2cc(-c3ccn4nc(N)c(C(O)N[C@@H](CO)C5CC5)c4n3)cc(NS(C)(=O)=O)c2C1=O. The first-order valence-electron chi connectivity index (χ1n) is 13.2. The van der Waals surface area contributed by atoms with Crippen LogP contribution in [0.15, 0.2) is 24.4 Å². The molecule has 1 aromatic carbocycles. The Morgan fingerprint density at radius 3 is 2.56 bits per heavy atom. The number of fused-ring (bicyclic) bond motifs is 2. The fourth-order valence-corrected chi connectivity index (χ4v) is 6.14. The highest BCUT2D eigenvalue weighted by Gasteiger charge is 2.40. The molecule has 1 aliphatic heterocycles. The van der Waals surface area contributed by atoms with Crippen molar-refractivity contribution < 1.29 is 23.4 Å². The number of hydrogen-bond donors (Lipinski definition) is 5. The smallest absolute Gasteiger partial charge is 0.256 e. The van der Waals surface area contributed by atoms with E-state index in [0.717, 1.165) is 37.5 Å². The van der Waals surface area contributed by atoms with Gasteiger partial charge in [-0.3, -0.25) is 14.8 Å². The summed E-state index contributed by atoms with van der Waals surface area (Å²) in [5.74, 6) is 0.693. The van der Waals surface area contributed by atoms with Crippen molar-refractivity contribution in [1.82, 2.24) is 24.8 Å². The predicted molar refractivity (Wildman–Crippen MR) is 145 cm³/mol. The fourth-order valence-electron chi connectivity index (χ4n) is 5.58. The molecule has 3 aromatic rings. The van der Waals surface area contributed by atoms with Crippen LogP contribution in [0.3, 0.4) is 0 Å². The molecular weight excluding hydrogens is 522 g/mol. The highest BCUT2D eigenvalue weighted by atomic mass is 32.2. The minimum absolute atomic E-state index is 0.0682. The highest BCUT2D eigenvalue weighted by Crippen LogP contribution is 2.41. The summed E-state index contributed by atoms with van der Waals surface area (Å²) in [6.07, 6.45) is 5.67. The number of nitrogens with two attached hydrogens (primary N) is 1. The van der Waals surface area contributed by atoms with Crippen molar-refractivity contribution in [3.05, 3.63) is 41.1 Å². The average Bonchev–Trinajstić information content (AvgIpc) is 3.80. The molecule has 1 unspecified atom stereocenters. The molecule has 12 nitrogen and oxygen atoms in total. The third kappa shape index (κ3) is 4.95. The Balaban J connectivity index is 1.40. The van der Waals surface area contributed by atoms with Gasteiger partial charge in [0.05, 0.1) is 35.4 Å². The first-order chi connectivity index (χ1) is 18.5. The number of aliphatic hydroxyl groups excluding tert-OH is 2. The number of amides is 1.